The minimum Gasteiger partial charge on any atom is -0.345 e. The maximum absolute atomic E-state index is 13.3. The molecule has 31 heavy (non-hydrogen) atoms. The van der Waals surface area contributed by atoms with Crippen molar-refractivity contribution in [3.05, 3.63) is 58.9 Å². The van der Waals surface area contributed by atoms with Gasteiger partial charge in [-0.15, -0.1) is 0 Å². The molecule has 1 saturated heterocycles. The molecule has 0 radical (unpaired) electrons. The van der Waals surface area contributed by atoms with Crippen LogP contribution in [-0.2, 0) is 15.8 Å². The summed E-state index contributed by atoms with van der Waals surface area (Å²) < 4.78 is 29.5. The molecule has 0 N–H and O–H groups in total. The normalized spacial score (nSPS) is 19.0. The van der Waals surface area contributed by atoms with E-state index >= 15 is 0 Å². The van der Waals surface area contributed by atoms with Crippen LogP contribution in [0.1, 0.15) is 65.5 Å². The summed E-state index contributed by atoms with van der Waals surface area (Å²) in [6, 6.07) is 11.8. The van der Waals surface area contributed by atoms with Gasteiger partial charge in [0.25, 0.3) is 5.91 Å². The second-order valence-corrected chi connectivity index (χ2v) is 10.8. The lowest BCUT2D eigenvalue weighted by molar-refractivity contribution is 0.0696. The van der Waals surface area contributed by atoms with Gasteiger partial charge in [0.05, 0.1) is 11.3 Å². The Morgan fingerprint density at radius 3 is 2.26 bits per heavy atom. The van der Waals surface area contributed by atoms with Crippen molar-refractivity contribution in [2.24, 2.45) is 0 Å². The standard InChI is InChI=1S/C24H33N3O3S/c1-19-17-23(20(2)27(19)22-11-7-4-8-12-22)24(28)25-13-15-26(16-14-25)31(29,30)18-21-9-5-3-6-10-21/h3,5-6,9-10,17,22H,4,7-8,11-16,18H2,1-2H3. The Kier molecular flexibility index (Phi) is 6.53. The number of piperazine rings is 1. The maximum Gasteiger partial charge on any atom is 0.255 e. The SMILES string of the molecule is Cc1cc(C(=O)N2CCN(S(=O)(=O)Cc3ccccc3)CC2)c(C)n1C1CCCCC1. The summed E-state index contributed by atoms with van der Waals surface area (Å²) in [5, 5.41) is 0. The number of carbonyl (C=O) groups excluding carboxylic acids is 1. The molecule has 0 spiro atoms. The summed E-state index contributed by atoms with van der Waals surface area (Å²) in [7, 11) is -3.38. The highest BCUT2D eigenvalue weighted by atomic mass is 32.2. The van der Waals surface area contributed by atoms with Gasteiger partial charge in [0.2, 0.25) is 10.0 Å². The first-order chi connectivity index (χ1) is 14.9. The van der Waals surface area contributed by atoms with Crippen LogP contribution in [0.5, 0.6) is 0 Å². The summed E-state index contributed by atoms with van der Waals surface area (Å²) in [6.45, 7) is 5.70. The van der Waals surface area contributed by atoms with Crippen molar-refractivity contribution in [3.8, 4) is 0 Å². The fraction of sp³-hybridized carbons (Fsp3) is 0.542. The largest absolute Gasteiger partial charge is 0.345 e. The number of carbonyl (C=O) groups is 1. The molecule has 0 unspecified atom stereocenters. The van der Waals surface area contributed by atoms with Crippen molar-refractivity contribution >= 4 is 15.9 Å². The summed E-state index contributed by atoms with van der Waals surface area (Å²) in [6.07, 6.45) is 6.18. The quantitative estimate of drug-likeness (QED) is 0.704. The number of nitrogens with zero attached hydrogens (tertiary/aromatic N) is 3. The number of hydrogen-bond acceptors (Lipinski definition) is 3. The van der Waals surface area contributed by atoms with Crippen LogP contribution in [0.15, 0.2) is 36.4 Å². The molecule has 7 heteroatoms. The van der Waals surface area contributed by atoms with E-state index in [1.807, 2.05) is 41.3 Å². The smallest absolute Gasteiger partial charge is 0.255 e. The monoisotopic (exact) mass is 443 g/mol. The minimum atomic E-state index is -3.38. The van der Waals surface area contributed by atoms with E-state index in [9.17, 15) is 13.2 Å². The molecule has 1 saturated carbocycles. The lowest BCUT2D eigenvalue weighted by Gasteiger charge is -2.34. The molecule has 4 rings (SSSR count). The zero-order valence-electron chi connectivity index (χ0n) is 18.6. The average Bonchev–Trinajstić information content (AvgIpc) is 3.08. The molecular weight excluding hydrogens is 410 g/mol. The Morgan fingerprint density at radius 2 is 1.61 bits per heavy atom. The highest BCUT2D eigenvalue weighted by Gasteiger charge is 2.31. The molecule has 2 aromatic rings. The molecule has 1 aromatic carbocycles. The molecule has 0 bridgehead atoms. The second kappa shape index (κ2) is 9.17. The Morgan fingerprint density at radius 1 is 0.968 bits per heavy atom. The third-order valence-electron chi connectivity index (χ3n) is 6.77. The van der Waals surface area contributed by atoms with Crippen molar-refractivity contribution < 1.29 is 13.2 Å². The summed E-state index contributed by atoms with van der Waals surface area (Å²) >= 11 is 0. The first-order valence-electron chi connectivity index (χ1n) is 11.4. The highest BCUT2D eigenvalue weighted by Crippen LogP contribution is 2.32. The first kappa shape index (κ1) is 22.1. The number of sulfonamides is 1. The highest BCUT2D eigenvalue weighted by molar-refractivity contribution is 7.88. The van der Waals surface area contributed by atoms with Crippen LogP contribution in [0, 0.1) is 13.8 Å². The van der Waals surface area contributed by atoms with Gasteiger partial charge in [0.15, 0.2) is 0 Å². The molecule has 6 nitrogen and oxygen atoms in total. The number of aryl methyl sites for hydroxylation is 1. The second-order valence-electron chi connectivity index (χ2n) is 8.88. The average molecular weight is 444 g/mol. The molecule has 1 aliphatic carbocycles. The maximum atomic E-state index is 13.3. The molecule has 168 valence electrons. The number of rotatable bonds is 5. The Labute approximate surface area is 185 Å². The van der Waals surface area contributed by atoms with Gasteiger partial charge >= 0.3 is 0 Å². The predicted octanol–water partition coefficient (Wildman–Crippen LogP) is 3.90. The number of hydrogen-bond donors (Lipinski definition) is 0. The van der Waals surface area contributed by atoms with E-state index in [0.717, 1.165) is 22.5 Å². The Balaban J connectivity index is 1.42. The Hall–Kier alpha value is -2.12. The zero-order valence-corrected chi connectivity index (χ0v) is 19.4. The molecule has 1 amide bonds. The van der Waals surface area contributed by atoms with Crippen LogP contribution in [-0.4, -0.2) is 54.3 Å². The molecule has 2 aliphatic rings. The van der Waals surface area contributed by atoms with E-state index in [1.54, 1.807) is 0 Å². The van der Waals surface area contributed by atoms with Crippen molar-refractivity contribution in [3.63, 3.8) is 0 Å². The van der Waals surface area contributed by atoms with E-state index in [0.29, 0.717) is 32.2 Å². The summed E-state index contributed by atoms with van der Waals surface area (Å²) in [5.74, 6) is 0.0277. The molecule has 1 aliphatic heterocycles. The molecule has 2 fully saturated rings. The van der Waals surface area contributed by atoms with Crippen LogP contribution in [0.3, 0.4) is 0 Å². The number of amides is 1. The van der Waals surface area contributed by atoms with E-state index in [2.05, 4.69) is 18.4 Å². The first-order valence-corrected chi connectivity index (χ1v) is 13.0. The van der Waals surface area contributed by atoms with Crippen LogP contribution in [0.25, 0.3) is 0 Å². The summed E-state index contributed by atoms with van der Waals surface area (Å²) in [4.78, 5) is 15.1. The van der Waals surface area contributed by atoms with E-state index in [1.165, 1.54) is 36.4 Å². The van der Waals surface area contributed by atoms with Crippen LogP contribution < -0.4 is 0 Å². The van der Waals surface area contributed by atoms with Crippen LogP contribution in [0.4, 0.5) is 0 Å². The van der Waals surface area contributed by atoms with Gasteiger partial charge in [0.1, 0.15) is 0 Å². The topological polar surface area (TPSA) is 62.6 Å². The lowest BCUT2D eigenvalue weighted by atomic mass is 9.95. The van der Waals surface area contributed by atoms with Crippen molar-refractivity contribution in [1.29, 1.82) is 0 Å². The third-order valence-corrected chi connectivity index (χ3v) is 8.62. The number of benzene rings is 1. The minimum absolute atomic E-state index is 0.00429. The van der Waals surface area contributed by atoms with E-state index < -0.39 is 10.0 Å². The van der Waals surface area contributed by atoms with Gasteiger partial charge in [-0.05, 0) is 38.3 Å². The molecule has 0 atom stereocenters. The predicted molar refractivity (Wildman–Crippen MR) is 123 cm³/mol. The van der Waals surface area contributed by atoms with Gasteiger partial charge < -0.3 is 9.47 Å². The van der Waals surface area contributed by atoms with Crippen molar-refractivity contribution in [2.45, 2.75) is 57.7 Å². The van der Waals surface area contributed by atoms with E-state index in [4.69, 9.17) is 0 Å². The molecule has 1 aromatic heterocycles. The van der Waals surface area contributed by atoms with Gasteiger partial charge in [-0.3, -0.25) is 4.79 Å². The fourth-order valence-electron chi connectivity index (χ4n) is 5.11. The molecule has 2 heterocycles. The van der Waals surface area contributed by atoms with Gasteiger partial charge in [-0.25, -0.2) is 8.42 Å². The fourth-order valence-corrected chi connectivity index (χ4v) is 6.63. The van der Waals surface area contributed by atoms with Gasteiger partial charge in [0, 0.05) is 43.6 Å². The summed E-state index contributed by atoms with van der Waals surface area (Å²) in [5.41, 5.74) is 3.75. The van der Waals surface area contributed by atoms with Crippen molar-refractivity contribution in [2.75, 3.05) is 26.2 Å². The van der Waals surface area contributed by atoms with Gasteiger partial charge in [-0.1, -0.05) is 49.6 Å². The third kappa shape index (κ3) is 4.72. The van der Waals surface area contributed by atoms with Crippen LogP contribution in [0.2, 0.25) is 0 Å². The Bertz CT molecular complexity index is 1020. The lowest BCUT2D eigenvalue weighted by Crippen LogP contribution is -2.50. The van der Waals surface area contributed by atoms with Crippen LogP contribution >= 0.6 is 0 Å². The van der Waals surface area contributed by atoms with Crippen molar-refractivity contribution in [1.82, 2.24) is 13.8 Å². The zero-order chi connectivity index (χ0) is 22.0. The number of aromatic nitrogens is 1. The van der Waals surface area contributed by atoms with E-state index in [-0.39, 0.29) is 11.7 Å². The molecular formula is C24H33N3O3S. The van der Waals surface area contributed by atoms with Gasteiger partial charge in [-0.2, -0.15) is 4.31 Å².